The molecule has 0 saturated carbocycles. The minimum Gasteiger partial charge on any atom is -0.419 e. The van der Waals surface area contributed by atoms with Crippen LogP contribution in [0.15, 0.2) is 28.7 Å². The zero-order valence-corrected chi connectivity index (χ0v) is 13.7. The largest absolute Gasteiger partial charge is 0.419 e. The SMILES string of the molecule is CC1CN(C(C)c2nnc(-c3cccc(Cl)c3)o2)CC(C)O1. The maximum absolute atomic E-state index is 6.01. The van der Waals surface area contributed by atoms with Crippen molar-refractivity contribution in [2.45, 2.75) is 39.0 Å². The van der Waals surface area contributed by atoms with Crippen molar-refractivity contribution >= 4 is 11.6 Å². The third-order valence-electron chi connectivity index (χ3n) is 3.87. The molecule has 2 aromatic rings. The second-order valence-corrected chi connectivity index (χ2v) is 6.28. The van der Waals surface area contributed by atoms with Gasteiger partial charge >= 0.3 is 0 Å². The van der Waals surface area contributed by atoms with Crippen LogP contribution in [-0.2, 0) is 4.74 Å². The minimum absolute atomic E-state index is 0.0641. The summed E-state index contributed by atoms with van der Waals surface area (Å²) < 4.78 is 11.6. The second kappa shape index (κ2) is 6.36. The summed E-state index contributed by atoms with van der Waals surface area (Å²) in [5.41, 5.74) is 0.835. The normalized spacial score (nSPS) is 24.4. The molecule has 22 heavy (non-hydrogen) atoms. The van der Waals surface area contributed by atoms with E-state index in [4.69, 9.17) is 20.8 Å². The summed E-state index contributed by atoms with van der Waals surface area (Å²) in [4.78, 5) is 2.31. The molecular formula is C16H20ClN3O2. The van der Waals surface area contributed by atoms with Crippen molar-refractivity contribution in [1.82, 2.24) is 15.1 Å². The van der Waals surface area contributed by atoms with Gasteiger partial charge in [-0.1, -0.05) is 17.7 Å². The van der Waals surface area contributed by atoms with E-state index < -0.39 is 0 Å². The minimum atomic E-state index is 0.0641. The molecule has 6 heteroatoms. The molecule has 5 nitrogen and oxygen atoms in total. The van der Waals surface area contributed by atoms with Crippen molar-refractivity contribution in [3.63, 3.8) is 0 Å². The summed E-state index contributed by atoms with van der Waals surface area (Å²) in [7, 11) is 0. The number of rotatable bonds is 3. The van der Waals surface area contributed by atoms with E-state index in [1.54, 1.807) is 0 Å². The first-order valence-electron chi connectivity index (χ1n) is 7.52. The summed E-state index contributed by atoms with van der Waals surface area (Å²) in [5.74, 6) is 1.12. The smallest absolute Gasteiger partial charge is 0.247 e. The fourth-order valence-electron chi connectivity index (χ4n) is 2.83. The monoisotopic (exact) mass is 321 g/mol. The number of hydrogen-bond acceptors (Lipinski definition) is 5. The number of morpholine rings is 1. The van der Waals surface area contributed by atoms with Crippen molar-refractivity contribution in [3.05, 3.63) is 35.2 Å². The van der Waals surface area contributed by atoms with Crippen LogP contribution in [0.2, 0.25) is 5.02 Å². The number of aromatic nitrogens is 2. The van der Waals surface area contributed by atoms with Crippen LogP contribution in [0.1, 0.15) is 32.7 Å². The van der Waals surface area contributed by atoms with Gasteiger partial charge in [-0.05, 0) is 39.0 Å². The Hall–Kier alpha value is -1.43. The van der Waals surface area contributed by atoms with Crippen molar-refractivity contribution in [1.29, 1.82) is 0 Å². The van der Waals surface area contributed by atoms with Crippen LogP contribution >= 0.6 is 11.6 Å². The van der Waals surface area contributed by atoms with Crippen LogP contribution in [0.4, 0.5) is 0 Å². The Morgan fingerprint density at radius 2 is 1.95 bits per heavy atom. The van der Waals surface area contributed by atoms with E-state index in [9.17, 15) is 0 Å². The van der Waals surface area contributed by atoms with Gasteiger partial charge < -0.3 is 9.15 Å². The van der Waals surface area contributed by atoms with Crippen LogP contribution in [0, 0.1) is 0 Å². The Kier molecular flexibility index (Phi) is 4.47. The van der Waals surface area contributed by atoms with E-state index >= 15 is 0 Å². The summed E-state index contributed by atoms with van der Waals surface area (Å²) in [6.45, 7) is 7.97. The Bertz CT molecular complexity index is 636. The van der Waals surface area contributed by atoms with Crippen molar-refractivity contribution in [2.75, 3.05) is 13.1 Å². The fourth-order valence-corrected chi connectivity index (χ4v) is 3.02. The van der Waals surface area contributed by atoms with Gasteiger partial charge in [-0.15, -0.1) is 10.2 Å². The molecule has 3 atom stereocenters. The molecule has 1 aliphatic rings. The highest BCUT2D eigenvalue weighted by Gasteiger charge is 2.29. The third-order valence-corrected chi connectivity index (χ3v) is 4.10. The molecule has 0 N–H and O–H groups in total. The van der Waals surface area contributed by atoms with E-state index in [0.29, 0.717) is 16.8 Å². The highest BCUT2D eigenvalue weighted by Crippen LogP contribution is 2.27. The average Bonchev–Trinajstić information content (AvgIpc) is 2.95. The molecule has 1 fully saturated rings. The van der Waals surface area contributed by atoms with Gasteiger partial charge in [0.1, 0.15) is 0 Å². The van der Waals surface area contributed by atoms with Gasteiger partial charge in [-0.25, -0.2) is 0 Å². The van der Waals surface area contributed by atoms with E-state index in [1.165, 1.54) is 0 Å². The molecule has 0 spiro atoms. The zero-order valence-electron chi connectivity index (χ0n) is 13.0. The maximum Gasteiger partial charge on any atom is 0.247 e. The molecule has 1 aliphatic heterocycles. The van der Waals surface area contributed by atoms with Gasteiger partial charge in [0.05, 0.1) is 18.2 Å². The summed E-state index contributed by atoms with van der Waals surface area (Å²) >= 11 is 6.01. The Morgan fingerprint density at radius 3 is 2.64 bits per heavy atom. The molecule has 0 bridgehead atoms. The molecular weight excluding hydrogens is 302 g/mol. The highest BCUT2D eigenvalue weighted by atomic mass is 35.5. The van der Waals surface area contributed by atoms with E-state index in [-0.39, 0.29) is 18.2 Å². The first kappa shape index (κ1) is 15.5. The third kappa shape index (κ3) is 3.32. The van der Waals surface area contributed by atoms with Gasteiger partial charge in [-0.2, -0.15) is 0 Å². The van der Waals surface area contributed by atoms with Crippen molar-refractivity contribution in [3.8, 4) is 11.5 Å². The summed E-state index contributed by atoms with van der Waals surface area (Å²) in [6.07, 6.45) is 0.419. The molecule has 1 aromatic carbocycles. The molecule has 0 aliphatic carbocycles. The van der Waals surface area contributed by atoms with E-state index in [1.807, 2.05) is 24.3 Å². The van der Waals surface area contributed by atoms with Crippen LogP contribution in [0.3, 0.4) is 0 Å². The Balaban J connectivity index is 1.78. The van der Waals surface area contributed by atoms with Gasteiger partial charge in [0, 0.05) is 23.7 Å². The number of nitrogens with zero attached hydrogens (tertiary/aromatic N) is 3. The summed E-state index contributed by atoms with van der Waals surface area (Å²) in [5, 5.41) is 9.01. The van der Waals surface area contributed by atoms with Gasteiger partial charge in [0.15, 0.2) is 0 Å². The standard InChI is InChI=1S/C16H20ClN3O2/c1-10-8-20(9-11(2)21-10)12(3)15-18-19-16(22-15)13-5-4-6-14(17)7-13/h4-7,10-12H,8-9H2,1-3H3. The molecule has 0 radical (unpaired) electrons. The zero-order chi connectivity index (χ0) is 15.7. The van der Waals surface area contributed by atoms with Crippen LogP contribution < -0.4 is 0 Å². The molecule has 3 unspecified atom stereocenters. The lowest BCUT2D eigenvalue weighted by Gasteiger charge is -2.37. The number of halogens is 1. The number of hydrogen-bond donors (Lipinski definition) is 0. The van der Waals surface area contributed by atoms with Crippen LogP contribution in [0.25, 0.3) is 11.5 Å². The van der Waals surface area contributed by atoms with E-state index in [2.05, 4.69) is 35.9 Å². The van der Waals surface area contributed by atoms with Gasteiger partial charge in [-0.3, -0.25) is 4.90 Å². The highest BCUT2D eigenvalue weighted by molar-refractivity contribution is 6.30. The predicted octanol–water partition coefficient (Wildman–Crippen LogP) is 3.56. The van der Waals surface area contributed by atoms with Gasteiger partial charge in [0.2, 0.25) is 11.8 Å². The molecule has 0 amide bonds. The molecule has 118 valence electrons. The van der Waals surface area contributed by atoms with Gasteiger partial charge in [0.25, 0.3) is 0 Å². The molecule has 3 rings (SSSR count). The van der Waals surface area contributed by atoms with Crippen LogP contribution in [-0.4, -0.2) is 40.4 Å². The van der Waals surface area contributed by atoms with E-state index in [0.717, 1.165) is 18.7 Å². The fraction of sp³-hybridized carbons (Fsp3) is 0.500. The number of ether oxygens (including phenoxy) is 1. The second-order valence-electron chi connectivity index (χ2n) is 5.84. The predicted molar refractivity (Wildman–Crippen MR) is 84.7 cm³/mol. The van der Waals surface area contributed by atoms with Crippen molar-refractivity contribution < 1.29 is 9.15 Å². The molecule has 2 heterocycles. The van der Waals surface area contributed by atoms with Crippen molar-refractivity contribution in [2.24, 2.45) is 0 Å². The van der Waals surface area contributed by atoms with Crippen LogP contribution in [0.5, 0.6) is 0 Å². The summed E-state index contributed by atoms with van der Waals surface area (Å²) in [6, 6.07) is 7.49. The number of benzene rings is 1. The quantitative estimate of drug-likeness (QED) is 0.865. The molecule has 1 saturated heterocycles. The first-order chi connectivity index (χ1) is 10.5. The molecule has 1 aromatic heterocycles. The average molecular weight is 322 g/mol. The lowest BCUT2D eigenvalue weighted by atomic mass is 10.2. The Morgan fingerprint density at radius 1 is 1.23 bits per heavy atom. The maximum atomic E-state index is 6.01. The Labute approximate surface area is 135 Å². The topological polar surface area (TPSA) is 51.4 Å². The lowest BCUT2D eigenvalue weighted by Crippen LogP contribution is -2.46. The lowest BCUT2D eigenvalue weighted by molar-refractivity contribution is -0.0814. The first-order valence-corrected chi connectivity index (χ1v) is 7.89.